The minimum Gasteiger partial charge on any atom is -0.495 e. The molecule has 0 amide bonds. The van der Waals surface area contributed by atoms with Crippen LogP contribution in [0.3, 0.4) is 0 Å². The van der Waals surface area contributed by atoms with E-state index >= 15 is 0 Å². The average Bonchev–Trinajstić information content (AvgIpc) is 2.57. The van der Waals surface area contributed by atoms with Gasteiger partial charge in [0.2, 0.25) is 0 Å². The summed E-state index contributed by atoms with van der Waals surface area (Å²) in [4.78, 5) is 0. The molecule has 0 N–H and O–H groups in total. The van der Waals surface area contributed by atoms with Crippen molar-refractivity contribution in [2.24, 2.45) is 0 Å². The Labute approximate surface area is 150 Å². The SMILES string of the molecule is CCOc1cc[n+]2c(c1)C1=C(OS)C(C(F)(F)F)=C[CH-]C1=C(C)[C-]2C. The van der Waals surface area contributed by atoms with E-state index in [2.05, 4.69) is 12.9 Å². The van der Waals surface area contributed by atoms with Gasteiger partial charge in [-0.2, -0.15) is 19.6 Å². The van der Waals surface area contributed by atoms with Crippen LogP contribution in [0.5, 0.6) is 5.75 Å². The van der Waals surface area contributed by atoms with E-state index in [-0.39, 0.29) is 5.76 Å². The van der Waals surface area contributed by atoms with E-state index in [0.717, 1.165) is 17.7 Å². The Balaban J connectivity index is 2.30. The van der Waals surface area contributed by atoms with Gasteiger partial charge in [0.25, 0.3) is 0 Å². The first kappa shape index (κ1) is 17.7. The number of pyridine rings is 1. The van der Waals surface area contributed by atoms with E-state index in [4.69, 9.17) is 8.92 Å². The van der Waals surface area contributed by atoms with Gasteiger partial charge in [-0.25, -0.2) is 5.57 Å². The van der Waals surface area contributed by atoms with Crippen LogP contribution in [0.1, 0.15) is 26.5 Å². The highest BCUT2D eigenvalue weighted by atomic mass is 32.1. The van der Waals surface area contributed by atoms with Crippen molar-refractivity contribution in [3.05, 3.63) is 65.0 Å². The topological polar surface area (TPSA) is 22.3 Å². The molecule has 0 radical (unpaired) electrons. The first-order chi connectivity index (χ1) is 11.8. The largest absolute Gasteiger partial charge is 0.495 e. The van der Waals surface area contributed by atoms with E-state index in [1.165, 1.54) is 6.42 Å². The maximum atomic E-state index is 13.4. The summed E-state index contributed by atoms with van der Waals surface area (Å²) in [5.74, 6) is 0.275. The molecular weight excluding hydrogens is 351 g/mol. The Hall–Kier alpha value is -2.15. The lowest BCUT2D eigenvalue weighted by Gasteiger charge is -2.41. The van der Waals surface area contributed by atoms with Gasteiger partial charge in [0.05, 0.1) is 30.3 Å². The van der Waals surface area contributed by atoms with Crippen molar-refractivity contribution in [3.63, 3.8) is 0 Å². The summed E-state index contributed by atoms with van der Waals surface area (Å²) in [5, 5.41) is 0. The van der Waals surface area contributed by atoms with Crippen molar-refractivity contribution in [3.8, 4) is 5.75 Å². The van der Waals surface area contributed by atoms with Gasteiger partial charge in [-0.3, -0.25) is 0 Å². The summed E-state index contributed by atoms with van der Waals surface area (Å²) in [6, 6.07) is 4.42. The highest BCUT2D eigenvalue weighted by molar-refractivity contribution is 7.75. The quantitative estimate of drug-likeness (QED) is 0.370. The number of alkyl halides is 3. The first-order valence-corrected chi connectivity index (χ1v) is 8.08. The molecular formula is C18H17F3NO2S-. The molecule has 2 aliphatic rings. The number of halogens is 3. The molecule has 2 heterocycles. The van der Waals surface area contributed by atoms with Crippen molar-refractivity contribution in [1.29, 1.82) is 0 Å². The van der Waals surface area contributed by atoms with Crippen molar-refractivity contribution in [2.75, 3.05) is 6.61 Å². The van der Waals surface area contributed by atoms with Crippen LogP contribution >= 0.6 is 12.9 Å². The smallest absolute Gasteiger partial charge is 0.385 e. The molecule has 3 rings (SSSR count). The van der Waals surface area contributed by atoms with Gasteiger partial charge in [-0.1, -0.05) is 12.5 Å². The zero-order chi connectivity index (χ0) is 18.4. The van der Waals surface area contributed by atoms with E-state index in [1.54, 1.807) is 18.3 Å². The number of hydrogen-bond acceptors (Lipinski definition) is 3. The fraction of sp³-hybridized carbons (Fsp3) is 0.278. The van der Waals surface area contributed by atoms with Gasteiger partial charge in [0.1, 0.15) is 5.75 Å². The number of thiol groups is 1. The van der Waals surface area contributed by atoms with Crippen LogP contribution in [0.2, 0.25) is 0 Å². The number of ether oxygens (including phenoxy) is 1. The van der Waals surface area contributed by atoms with Gasteiger partial charge in [0, 0.05) is 24.5 Å². The molecule has 7 heteroatoms. The third-order valence-electron chi connectivity index (χ3n) is 4.36. The maximum Gasteiger partial charge on any atom is 0.385 e. The molecule has 0 bridgehead atoms. The molecule has 1 aliphatic carbocycles. The van der Waals surface area contributed by atoms with Crippen molar-refractivity contribution in [2.45, 2.75) is 26.9 Å². The summed E-state index contributed by atoms with van der Waals surface area (Å²) in [7, 11) is 0. The predicted molar refractivity (Wildman–Crippen MR) is 90.3 cm³/mol. The standard InChI is InChI=1S/C18H17F3NO2S/c1-4-23-12-7-8-22-11(3)10(2)13-5-6-14(18(19,20)21)17(24-25)16(13)15(22)9-12/h5-9,25H,4H2,1-3H3/q-1. The van der Waals surface area contributed by atoms with Crippen LogP contribution in [0, 0.1) is 12.5 Å². The number of fused-ring (bicyclic) bond motifs is 3. The molecule has 1 aliphatic heterocycles. The molecule has 134 valence electrons. The van der Waals surface area contributed by atoms with Gasteiger partial charge < -0.3 is 13.5 Å². The summed E-state index contributed by atoms with van der Waals surface area (Å²) in [6.07, 6.45) is -0.252. The number of rotatable bonds is 3. The minimum atomic E-state index is -4.54. The van der Waals surface area contributed by atoms with Crippen molar-refractivity contribution >= 4 is 18.5 Å². The number of hydrogen-bond donors (Lipinski definition) is 1. The lowest BCUT2D eigenvalue weighted by molar-refractivity contribution is -0.654. The van der Waals surface area contributed by atoms with Crippen LogP contribution in [0.15, 0.2) is 46.9 Å². The summed E-state index contributed by atoms with van der Waals surface area (Å²) >= 11 is 3.70. The summed E-state index contributed by atoms with van der Waals surface area (Å²) in [6.45, 7) is 6.10. The van der Waals surface area contributed by atoms with E-state index < -0.39 is 11.7 Å². The first-order valence-electron chi connectivity index (χ1n) is 7.72. The molecule has 0 unspecified atom stereocenters. The average molecular weight is 368 g/mol. The molecule has 25 heavy (non-hydrogen) atoms. The van der Waals surface area contributed by atoms with Gasteiger partial charge in [-0.15, -0.1) is 11.6 Å². The lowest BCUT2D eigenvalue weighted by Crippen LogP contribution is -2.46. The molecule has 0 aromatic carbocycles. The van der Waals surface area contributed by atoms with E-state index in [1.807, 2.05) is 25.3 Å². The van der Waals surface area contributed by atoms with E-state index in [0.29, 0.717) is 29.2 Å². The van der Waals surface area contributed by atoms with Crippen LogP contribution in [0.4, 0.5) is 13.2 Å². The molecule has 0 fully saturated rings. The molecule has 1 aromatic rings. The Bertz CT molecular complexity index is 809. The summed E-state index contributed by atoms with van der Waals surface area (Å²) in [5.41, 5.74) is 1.62. The minimum absolute atomic E-state index is 0.303. The predicted octanol–water partition coefficient (Wildman–Crippen LogP) is 4.38. The maximum absolute atomic E-state index is 13.4. The number of aromatic nitrogens is 1. The van der Waals surface area contributed by atoms with Crippen LogP contribution in [-0.2, 0) is 4.18 Å². The zero-order valence-corrected chi connectivity index (χ0v) is 14.8. The lowest BCUT2D eigenvalue weighted by atomic mass is 9.82. The zero-order valence-electron chi connectivity index (χ0n) is 13.9. The third-order valence-corrected chi connectivity index (χ3v) is 4.54. The molecule has 0 spiro atoms. The van der Waals surface area contributed by atoms with Gasteiger partial charge >= 0.3 is 6.18 Å². The van der Waals surface area contributed by atoms with Gasteiger partial charge in [-0.05, 0) is 19.9 Å². The van der Waals surface area contributed by atoms with Crippen LogP contribution in [0.25, 0.3) is 5.57 Å². The Morgan fingerprint density at radius 3 is 2.68 bits per heavy atom. The Morgan fingerprint density at radius 1 is 1.36 bits per heavy atom. The summed E-state index contributed by atoms with van der Waals surface area (Å²) < 4.78 is 52.4. The molecule has 0 saturated heterocycles. The van der Waals surface area contributed by atoms with E-state index in [9.17, 15) is 13.2 Å². The monoisotopic (exact) mass is 368 g/mol. The number of nitrogens with zero attached hydrogens (tertiary/aromatic N) is 1. The van der Waals surface area contributed by atoms with Crippen molar-refractivity contribution in [1.82, 2.24) is 0 Å². The highest BCUT2D eigenvalue weighted by Gasteiger charge is 2.36. The second-order valence-corrected chi connectivity index (χ2v) is 5.90. The second kappa shape index (κ2) is 6.29. The van der Waals surface area contributed by atoms with Gasteiger partial charge in [0.15, 0.2) is 0 Å². The normalized spacial score (nSPS) is 16.9. The molecule has 0 saturated carbocycles. The fourth-order valence-corrected chi connectivity index (χ4v) is 3.25. The molecule has 1 aromatic heterocycles. The Morgan fingerprint density at radius 2 is 2.08 bits per heavy atom. The molecule has 0 atom stereocenters. The third kappa shape index (κ3) is 2.86. The van der Waals surface area contributed by atoms with Crippen molar-refractivity contribution < 1.29 is 26.7 Å². The fourth-order valence-electron chi connectivity index (χ4n) is 3.07. The van der Waals surface area contributed by atoms with Crippen LogP contribution in [-0.4, -0.2) is 12.8 Å². The Kier molecular flexibility index (Phi) is 4.45. The molecule has 3 nitrogen and oxygen atoms in total. The second-order valence-electron chi connectivity index (χ2n) is 5.71. The van der Waals surface area contributed by atoms with Crippen LogP contribution < -0.4 is 9.30 Å². The number of allylic oxidation sites excluding steroid dienone is 5. The highest BCUT2D eigenvalue weighted by Crippen LogP contribution is 2.46.